The number of nitrogens with zero attached hydrogens (tertiary/aromatic N) is 3. The van der Waals surface area contributed by atoms with Crippen molar-refractivity contribution in [2.24, 2.45) is 0 Å². The van der Waals surface area contributed by atoms with Crippen LogP contribution in [0.2, 0.25) is 0 Å². The van der Waals surface area contributed by atoms with Gasteiger partial charge in [0.15, 0.2) is 0 Å². The zero-order valence-electron chi connectivity index (χ0n) is 11.6. The Balaban J connectivity index is 1.69. The van der Waals surface area contributed by atoms with E-state index in [1.54, 1.807) is 24.5 Å². The minimum absolute atomic E-state index is 0.0192. The summed E-state index contributed by atoms with van der Waals surface area (Å²) in [6, 6.07) is 5.18. The lowest BCUT2D eigenvalue weighted by Gasteiger charge is -2.26. The Morgan fingerprint density at radius 2 is 2.38 bits per heavy atom. The normalized spacial score (nSPS) is 19.7. The number of carbonyl (C=O) groups is 1. The first-order valence-electron chi connectivity index (χ1n) is 7.05. The molecule has 0 spiro atoms. The molecule has 0 radical (unpaired) electrons. The average molecular weight is 287 g/mol. The molecular weight excluding hydrogens is 270 g/mol. The van der Waals surface area contributed by atoms with Crippen molar-refractivity contribution in [1.29, 1.82) is 0 Å². The molecule has 1 aliphatic rings. The molecule has 1 amide bonds. The number of aromatic nitrogens is 2. The Labute approximate surface area is 122 Å². The number of aliphatic hydroxyl groups is 1. The molecule has 0 aromatic carbocycles. The first-order chi connectivity index (χ1) is 10.3. The molecule has 2 aromatic heterocycles. The molecule has 1 N–H and O–H groups in total. The van der Waals surface area contributed by atoms with E-state index >= 15 is 0 Å². The van der Waals surface area contributed by atoms with Crippen LogP contribution in [0.25, 0.3) is 0 Å². The van der Waals surface area contributed by atoms with Crippen molar-refractivity contribution in [2.75, 3.05) is 6.54 Å². The van der Waals surface area contributed by atoms with Gasteiger partial charge in [-0.1, -0.05) is 0 Å². The lowest BCUT2D eigenvalue weighted by molar-refractivity contribution is 0.0641. The number of carbonyl (C=O) groups excluding carboxylic acids is 1. The van der Waals surface area contributed by atoms with Crippen molar-refractivity contribution in [1.82, 2.24) is 15.1 Å². The molecular formula is C15H17N3O3. The molecule has 2 unspecified atom stereocenters. The number of amides is 1. The van der Waals surface area contributed by atoms with Crippen molar-refractivity contribution in [3.05, 3.63) is 48.2 Å². The average Bonchev–Trinajstić information content (AvgIpc) is 3.19. The number of aliphatic hydroxyl groups excluding tert-OH is 1. The molecule has 3 heterocycles. The molecule has 0 aliphatic carbocycles. The second-order valence-corrected chi connectivity index (χ2v) is 5.19. The van der Waals surface area contributed by atoms with Crippen LogP contribution < -0.4 is 0 Å². The third-order valence-electron chi connectivity index (χ3n) is 3.84. The van der Waals surface area contributed by atoms with Gasteiger partial charge in [0, 0.05) is 19.0 Å². The zero-order valence-corrected chi connectivity index (χ0v) is 11.6. The van der Waals surface area contributed by atoms with Gasteiger partial charge < -0.3 is 14.4 Å². The molecule has 0 bridgehead atoms. The predicted molar refractivity (Wildman–Crippen MR) is 74.4 cm³/mol. The molecule has 2 atom stereocenters. The van der Waals surface area contributed by atoms with E-state index in [0.717, 1.165) is 12.8 Å². The Hall–Kier alpha value is -2.21. The standard InChI is InChI=1S/C15H17N3O3/c19-13(14-4-2-8-21-14)9-12-3-1-7-18(12)15(20)11-5-6-16-17-10-11/h2,4-6,8,10,12-13,19H,1,3,7,9H2. The van der Waals surface area contributed by atoms with Crippen LogP contribution in [-0.4, -0.2) is 38.7 Å². The van der Waals surface area contributed by atoms with Crippen LogP contribution >= 0.6 is 0 Å². The number of furan rings is 1. The Kier molecular flexibility index (Phi) is 3.96. The van der Waals surface area contributed by atoms with Crippen LogP contribution in [0.1, 0.15) is 41.5 Å². The summed E-state index contributed by atoms with van der Waals surface area (Å²) in [7, 11) is 0. The number of hydrogen-bond donors (Lipinski definition) is 1. The van der Waals surface area contributed by atoms with Crippen LogP contribution in [0.4, 0.5) is 0 Å². The van der Waals surface area contributed by atoms with Gasteiger partial charge in [0.05, 0.1) is 24.2 Å². The highest BCUT2D eigenvalue weighted by molar-refractivity contribution is 5.94. The minimum atomic E-state index is -0.686. The lowest BCUT2D eigenvalue weighted by atomic mass is 10.0. The lowest BCUT2D eigenvalue weighted by Crippen LogP contribution is -2.36. The van der Waals surface area contributed by atoms with Gasteiger partial charge in [-0.3, -0.25) is 4.79 Å². The van der Waals surface area contributed by atoms with E-state index in [4.69, 9.17) is 4.42 Å². The third kappa shape index (κ3) is 2.95. The van der Waals surface area contributed by atoms with Crippen molar-refractivity contribution in [2.45, 2.75) is 31.4 Å². The highest BCUT2D eigenvalue weighted by atomic mass is 16.4. The highest BCUT2D eigenvalue weighted by Crippen LogP contribution is 2.28. The van der Waals surface area contributed by atoms with Crippen LogP contribution in [0.5, 0.6) is 0 Å². The van der Waals surface area contributed by atoms with E-state index in [9.17, 15) is 9.90 Å². The monoisotopic (exact) mass is 287 g/mol. The second-order valence-electron chi connectivity index (χ2n) is 5.19. The van der Waals surface area contributed by atoms with Crippen molar-refractivity contribution >= 4 is 5.91 Å². The number of rotatable bonds is 4. The molecule has 110 valence electrons. The first kappa shape index (κ1) is 13.8. The van der Waals surface area contributed by atoms with Gasteiger partial charge in [0.2, 0.25) is 0 Å². The topological polar surface area (TPSA) is 79.5 Å². The van der Waals surface area contributed by atoms with E-state index in [0.29, 0.717) is 24.3 Å². The third-order valence-corrected chi connectivity index (χ3v) is 3.84. The van der Waals surface area contributed by atoms with Crippen LogP contribution in [0.3, 0.4) is 0 Å². The van der Waals surface area contributed by atoms with E-state index in [1.165, 1.54) is 12.4 Å². The van der Waals surface area contributed by atoms with Crippen LogP contribution in [0, 0.1) is 0 Å². The van der Waals surface area contributed by atoms with E-state index in [-0.39, 0.29) is 11.9 Å². The summed E-state index contributed by atoms with van der Waals surface area (Å²) in [6.07, 6.45) is 6.16. The number of hydrogen-bond acceptors (Lipinski definition) is 5. The summed E-state index contributed by atoms with van der Waals surface area (Å²) in [4.78, 5) is 14.3. The summed E-state index contributed by atoms with van der Waals surface area (Å²) in [5, 5.41) is 17.6. The van der Waals surface area contributed by atoms with Gasteiger partial charge >= 0.3 is 0 Å². The summed E-state index contributed by atoms with van der Waals surface area (Å²) < 4.78 is 5.21. The molecule has 1 aliphatic heterocycles. The van der Waals surface area contributed by atoms with Gasteiger partial charge in [-0.05, 0) is 31.0 Å². The fourth-order valence-corrected chi connectivity index (χ4v) is 2.79. The molecule has 3 rings (SSSR count). The Bertz CT molecular complexity index is 585. The predicted octanol–water partition coefficient (Wildman–Crippen LogP) is 1.80. The smallest absolute Gasteiger partial charge is 0.255 e. The van der Waals surface area contributed by atoms with Gasteiger partial charge in [-0.2, -0.15) is 10.2 Å². The maximum absolute atomic E-state index is 12.5. The maximum atomic E-state index is 12.5. The van der Waals surface area contributed by atoms with Crippen molar-refractivity contribution in [3.8, 4) is 0 Å². The molecule has 1 saturated heterocycles. The van der Waals surface area contributed by atoms with Gasteiger partial charge in [0.1, 0.15) is 11.9 Å². The summed E-state index contributed by atoms with van der Waals surface area (Å²) in [5.41, 5.74) is 0.532. The van der Waals surface area contributed by atoms with E-state index in [2.05, 4.69) is 10.2 Å². The largest absolute Gasteiger partial charge is 0.467 e. The summed E-state index contributed by atoms with van der Waals surface area (Å²) in [5.74, 6) is 0.485. The molecule has 6 heteroatoms. The second kappa shape index (κ2) is 6.05. The molecule has 0 saturated carbocycles. The maximum Gasteiger partial charge on any atom is 0.255 e. The molecule has 2 aromatic rings. The molecule has 21 heavy (non-hydrogen) atoms. The molecule has 6 nitrogen and oxygen atoms in total. The zero-order chi connectivity index (χ0) is 14.7. The van der Waals surface area contributed by atoms with Gasteiger partial charge in [0.25, 0.3) is 5.91 Å². The SMILES string of the molecule is O=C(c1ccnnc1)N1CCCC1CC(O)c1ccco1. The van der Waals surface area contributed by atoms with E-state index in [1.807, 2.05) is 4.90 Å². The van der Waals surface area contributed by atoms with Crippen molar-refractivity contribution < 1.29 is 14.3 Å². The minimum Gasteiger partial charge on any atom is -0.467 e. The highest BCUT2D eigenvalue weighted by Gasteiger charge is 2.31. The Morgan fingerprint density at radius 1 is 1.48 bits per heavy atom. The van der Waals surface area contributed by atoms with Crippen molar-refractivity contribution in [3.63, 3.8) is 0 Å². The molecule has 1 fully saturated rings. The quantitative estimate of drug-likeness (QED) is 0.927. The van der Waals surface area contributed by atoms with Gasteiger partial charge in [-0.15, -0.1) is 0 Å². The van der Waals surface area contributed by atoms with Crippen LogP contribution in [-0.2, 0) is 0 Å². The Morgan fingerprint density at radius 3 is 3.10 bits per heavy atom. The fourth-order valence-electron chi connectivity index (χ4n) is 2.79. The van der Waals surface area contributed by atoms with Gasteiger partial charge in [-0.25, -0.2) is 0 Å². The first-order valence-corrected chi connectivity index (χ1v) is 7.05. The van der Waals surface area contributed by atoms with E-state index < -0.39 is 6.10 Å². The fraction of sp³-hybridized carbons (Fsp3) is 0.400. The summed E-state index contributed by atoms with van der Waals surface area (Å²) >= 11 is 0. The number of likely N-dealkylation sites (tertiary alicyclic amines) is 1. The summed E-state index contributed by atoms with van der Waals surface area (Å²) in [6.45, 7) is 0.705. The van der Waals surface area contributed by atoms with Crippen LogP contribution in [0.15, 0.2) is 41.3 Å².